The summed E-state index contributed by atoms with van der Waals surface area (Å²) in [6.07, 6.45) is 3.81. The van der Waals surface area contributed by atoms with Gasteiger partial charge in [-0.25, -0.2) is 4.98 Å². The van der Waals surface area contributed by atoms with Gasteiger partial charge in [0.05, 0.1) is 12.7 Å². The summed E-state index contributed by atoms with van der Waals surface area (Å²) >= 11 is 1.44. The minimum absolute atomic E-state index is 0.285. The lowest BCUT2D eigenvalue weighted by Crippen LogP contribution is -2.48. The lowest BCUT2D eigenvalue weighted by atomic mass is 10.2. The standard InChI is InChI=1S/C12H20N4OS/c1-2-11-14-12(18-15-11)13-6-10-7-16-5-3-4-9(16)8-17-10/h9-10H,2-8H2,1H3,(H,13,14,15). The molecule has 5 nitrogen and oxygen atoms in total. The second-order valence-electron chi connectivity index (χ2n) is 5.00. The highest BCUT2D eigenvalue weighted by Gasteiger charge is 2.31. The number of hydrogen-bond donors (Lipinski definition) is 1. The van der Waals surface area contributed by atoms with Crippen molar-refractivity contribution in [2.45, 2.75) is 38.3 Å². The maximum Gasteiger partial charge on any atom is 0.202 e. The average Bonchev–Trinajstić information content (AvgIpc) is 3.04. The van der Waals surface area contributed by atoms with Gasteiger partial charge < -0.3 is 10.1 Å². The molecule has 18 heavy (non-hydrogen) atoms. The summed E-state index contributed by atoms with van der Waals surface area (Å²) < 4.78 is 10.2. The van der Waals surface area contributed by atoms with Crippen molar-refractivity contribution in [3.8, 4) is 0 Å². The number of aryl methyl sites for hydroxylation is 1. The fourth-order valence-electron chi connectivity index (χ4n) is 2.68. The second kappa shape index (κ2) is 5.50. The van der Waals surface area contributed by atoms with E-state index in [1.54, 1.807) is 0 Å². The van der Waals surface area contributed by atoms with E-state index in [9.17, 15) is 0 Å². The van der Waals surface area contributed by atoms with Gasteiger partial charge in [-0.15, -0.1) is 0 Å². The molecule has 2 saturated heterocycles. The Bertz CT molecular complexity index is 397. The Hall–Kier alpha value is -0.720. The zero-order valence-electron chi connectivity index (χ0n) is 10.8. The molecular formula is C12H20N4OS. The van der Waals surface area contributed by atoms with Crippen molar-refractivity contribution in [1.82, 2.24) is 14.3 Å². The van der Waals surface area contributed by atoms with Gasteiger partial charge in [-0.3, -0.25) is 4.90 Å². The van der Waals surface area contributed by atoms with Crippen LogP contribution in [0, 0.1) is 0 Å². The van der Waals surface area contributed by atoms with Crippen LogP contribution in [0.2, 0.25) is 0 Å². The fourth-order valence-corrected chi connectivity index (χ4v) is 3.34. The number of aromatic nitrogens is 2. The van der Waals surface area contributed by atoms with Crippen LogP contribution >= 0.6 is 11.5 Å². The Morgan fingerprint density at radius 3 is 3.33 bits per heavy atom. The van der Waals surface area contributed by atoms with Crippen LogP contribution in [0.1, 0.15) is 25.6 Å². The normalized spacial score (nSPS) is 28.3. The van der Waals surface area contributed by atoms with Crippen LogP contribution in [0.4, 0.5) is 5.13 Å². The molecule has 3 heterocycles. The van der Waals surface area contributed by atoms with Crippen LogP contribution in [-0.2, 0) is 11.2 Å². The lowest BCUT2D eigenvalue weighted by molar-refractivity contribution is -0.0415. The van der Waals surface area contributed by atoms with Crippen molar-refractivity contribution in [2.24, 2.45) is 0 Å². The summed E-state index contributed by atoms with van der Waals surface area (Å²) in [5.41, 5.74) is 0. The van der Waals surface area contributed by atoms with Gasteiger partial charge in [-0.2, -0.15) is 4.37 Å². The van der Waals surface area contributed by atoms with E-state index in [1.807, 2.05) is 0 Å². The third kappa shape index (κ3) is 2.65. The zero-order valence-corrected chi connectivity index (χ0v) is 11.6. The van der Waals surface area contributed by atoms with E-state index in [-0.39, 0.29) is 6.10 Å². The van der Waals surface area contributed by atoms with Crippen molar-refractivity contribution in [3.05, 3.63) is 5.82 Å². The highest BCUT2D eigenvalue weighted by molar-refractivity contribution is 7.09. The lowest BCUT2D eigenvalue weighted by Gasteiger charge is -2.35. The van der Waals surface area contributed by atoms with Crippen LogP contribution in [0.15, 0.2) is 0 Å². The third-order valence-corrected chi connectivity index (χ3v) is 4.44. The number of morpholine rings is 1. The molecule has 1 aromatic heterocycles. The van der Waals surface area contributed by atoms with E-state index in [2.05, 4.69) is 26.5 Å². The number of ether oxygens (including phenoxy) is 1. The van der Waals surface area contributed by atoms with Gasteiger partial charge in [-0.1, -0.05) is 6.92 Å². The molecule has 6 heteroatoms. The molecule has 0 amide bonds. The molecule has 2 aliphatic heterocycles. The smallest absolute Gasteiger partial charge is 0.202 e. The van der Waals surface area contributed by atoms with E-state index in [1.165, 1.54) is 30.9 Å². The predicted molar refractivity (Wildman–Crippen MR) is 72.1 cm³/mol. The minimum Gasteiger partial charge on any atom is -0.373 e. The van der Waals surface area contributed by atoms with Crippen LogP contribution in [0.3, 0.4) is 0 Å². The van der Waals surface area contributed by atoms with Crippen molar-refractivity contribution in [1.29, 1.82) is 0 Å². The summed E-state index contributed by atoms with van der Waals surface area (Å²) in [4.78, 5) is 6.97. The minimum atomic E-state index is 0.285. The highest BCUT2D eigenvalue weighted by Crippen LogP contribution is 2.22. The van der Waals surface area contributed by atoms with Crippen molar-refractivity contribution < 1.29 is 4.74 Å². The summed E-state index contributed by atoms with van der Waals surface area (Å²) in [6.45, 7) is 6.09. The largest absolute Gasteiger partial charge is 0.373 e. The van der Waals surface area contributed by atoms with Crippen LogP contribution < -0.4 is 5.32 Å². The van der Waals surface area contributed by atoms with Crippen LogP contribution in [0.25, 0.3) is 0 Å². The maximum absolute atomic E-state index is 5.90. The number of fused-ring (bicyclic) bond motifs is 1. The first kappa shape index (κ1) is 12.3. The topological polar surface area (TPSA) is 50.3 Å². The van der Waals surface area contributed by atoms with Crippen molar-refractivity contribution >= 4 is 16.7 Å². The Morgan fingerprint density at radius 2 is 2.50 bits per heavy atom. The average molecular weight is 268 g/mol. The first-order chi connectivity index (χ1) is 8.85. The predicted octanol–water partition coefficient (Wildman–Crippen LogP) is 1.38. The van der Waals surface area contributed by atoms with Crippen molar-refractivity contribution in [2.75, 3.05) is 31.6 Å². The molecule has 1 aromatic rings. The SMILES string of the molecule is CCc1nsc(NCC2CN3CCCC3CO2)n1. The molecule has 2 fully saturated rings. The molecule has 3 rings (SSSR count). The molecule has 2 unspecified atom stereocenters. The molecule has 0 bridgehead atoms. The Balaban J connectivity index is 1.48. The van der Waals surface area contributed by atoms with Crippen LogP contribution in [-0.4, -0.2) is 52.6 Å². The molecule has 0 saturated carbocycles. The summed E-state index contributed by atoms with van der Waals surface area (Å²) in [5.74, 6) is 0.923. The van der Waals surface area contributed by atoms with E-state index in [4.69, 9.17) is 4.74 Å². The third-order valence-electron chi connectivity index (χ3n) is 3.73. The molecule has 2 aliphatic rings. The molecule has 2 atom stereocenters. The molecule has 100 valence electrons. The number of hydrogen-bond acceptors (Lipinski definition) is 6. The first-order valence-corrected chi connectivity index (χ1v) is 7.54. The molecule has 0 aliphatic carbocycles. The molecule has 0 radical (unpaired) electrons. The van der Waals surface area contributed by atoms with Crippen molar-refractivity contribution in [3.63, 3.8) is 0 Å². The number of anilines is 1. The Kier molecular flexibility index (Phi) is 3.77. The zero-order chi connectivity index (χ0) is 12.4. The van der Waals surface area contributed by atoms with Gasteiger partial charge in [-0.05, 0) is 19.4 Å². The maximum atomic E-state index is 5.90. The summed E-state index contributed by atoms with van der Waals surface area (Å²) in [7, 11) is 0. The summed E-state index contributed by atoms with van der Waals surface area (Å²) in [6, 6.07) is 0.675. The quantitative estimate of drug-likeness (QED) is 0.894. The van der Waals surface area contributed by atoms with Gasteiger partial charge in [0.2, 0.25) is 5.13 Å². The van der Waals surface area contributed by atoms with E-state index >= 15 is 0 Å². The molecular weight excluding hydrogens is 248 g/mol. The number of nitrogens with one attached hydrogen (secondary N) is 1. The van der Waals surface area contributed by atoms with Gasteiger partial charge in [0.15, 0.2) is 0 Å². The molecule has 0 spiro atoms. The highest BCUT2D eigenvalue weighted by atomic mass is 32.1. The van der Waals surface area contributed by atoms with Gasteiger partial charge in [0.25, 0.3) is 0 Å². The molecule has 0 aromatic carbocycles. The van der Waals surface area contributed by atoms with E-state index in [0.717, 1.165) is 37.1 Å². The Morgan fingerprint density at radius 1 is 1.56 bits per heavy atom. The molecule has 1 N–H and O–H groups in total. The Labute approximate surface area is 112 Å². The van der Waals surface area contributed by atoms with E-state index in [0.29, 0.717) is 6.04 Å². The first-order valence-electron chi connectivity index (χ1n) is 6.77. The fraction of sp³-hybridized carbons (Fsp3) is 0.833. The number of nitrogens with zero attached hydrogens (tertiary/aromatic N) is 3. The van der Waals surface area contributed by atoms with Gasteiger partial charge >= 0.3 is 0 Å². The second-order valence-corrected chi connectivity index (χ2v) is 5.75. The van der Waals surface area contributed by atoms with Crippen LogP contribution in [0.5, 0.6) is 0 Å². The summed E-state index contributed by atoms with van der Waals surface area (Å²) in [5, 5.41) is 4.26. The van der Waals surface area contributed by atoms with Gasteiger partial charge in [0, 0.05) is 37.1 Å². The van der Waals surface area contributed by atoms with Gasteiger partial charge in [0.1, 0.15) is 5.82 Å². The van der Waals surface area contributed by atoms with E-state index < -0.39 is 0 Å². The number of rotatable bonds is 4. The monoisotopic (exact) mass is 268 g/mol.